The van der Waals surface area contributed by atoms with Gasteiger partial charge in [0.25, 0.3) is 5.91 Å². The Labute approximate surface area is 156 Å². The number of nitrogens with zero attached hydrogens (tertiary/aromatic N) is 2. The summed E-state index contributed by atoms with van der Waals surface area (Å²) >= 11 is 6.07. The van der Waals surface area contributed by atoms with Gasteiger partial charge in [-0.2, -0.15) is 0 Å². The molecule has 3 rings (SSSR count). The third-order valence-electron chi connectivity index (χ3n) is 3.76. The average molecular weight is 369 g/mol. The first-order chi connectivity index (χ1) is 12.6. The van der Waals surface area contributed by atoms with Crippen LogP contribution >= 0.6 is 11.6 Å². The number of hydrogen-bond donors (Lipinski definition) is 2. The normalized spacial score (nSPS) is 10.3. The molecule has 26 heavy (non-hydrogen) atoms. The van der Waals surface area contributed by atoms with E-state index >= 15 is 0 Å². The van der Waals surface area contributed by atoms with E-state index in [0.29, 0.717) is 16.5 Å². The number of carbonyl (C=O) groups excluding carboxylic acids is 1. The Morgan fingerprint density at radius 1 is 1.08 bits per heavy atom. The number of amides is 1. The van der Waals surface area contributed by atoms with Crippen LogP contribution in [-0.2, 0) is 0 Å². The maximum Gasteiger partial charge on any atom is 0.276 e. The highest BCUT2D eigenvalue weighted by molar-refractivity contribution is 6.31. The zero-order valence-corrected chi connectivity index (χ0v) is 15.0. The molecule has 1 aromatic heterocycles. The fraction of sp³-hybridized carbons (Fsp3) is 0.105. The lowest BCUT2D eigenvalue weighted by molar-refractivity contribution is 0.102. The molecule has 0 aliphatic heterocycles. The molecule has 0 fully saturated rings. The smallest absolute Gasteiger partial charge is 0.276 e. The highest BCUT2D eigenvalue weighted by Gasteiger charge is 2.11. The molecular formula is C19H17ClN4O2. The molecule has 0 spiro atoms. The molecule has 0 saturated heterocycles. The lowest BCUT2D eigenvalue weighted by Crippen LogP contribution is -2.15. The highest BCUT2D eigenvalue weighted by atomic mass is 35.5. The number of anilines is 3. The zero-order chi connectivity index (χ0) is 18.5. The fourth-order valence-electron chi connectivity index (χ4n) is 2.30. The standard InChI is InChI=1S/C19H17ClN4O2/c1-12-15(20)7-4-8-16(12)22-19(25)17-9-10-18(24-23-17)21-13-5-3-6-14(11-13)26-2/h3-11H,1-2H3,(H,21,24)(H,22,25). The number of benzene rings is 2. The van der Waals surface area contributed by atoms with Crippen LogP contribution < -0.4 is 15.4 Å². The van der Waals surface area contributed by atoms with E-state index in [2.05, 4.69) is 20.8 Å². The lowest BCUT2D eigenvalue weighted by atomic mass is 10.2. The largest absolute Gasteiger partial charge is 0.497 e. The van der Waals surface area contributed by atoms with Crippen molar-refractivity contribution in [3.63, 3.8) is 0 Å². The van der Waals surface area contributed by atoms with Crippen LogP contribution in [0, 0.1) is 6.92 Å². The van der Waals surface area contributed by atoms with Crippen molar-refractivity contribution in [3.05, 3.63) is 70.9 Å². The maximum atomic E-state index is 12.3. The quantitative estimate of drug-likeness (QED) is 0.696. The third kappa shape index (κ3) is 4.10. The van der Waals surface area contributed by atoms with E-state index in [1.165, 1.54) is 0 Å². The Morgan fingerprint density at radius 2 is 1.88 bits per heavy atom. The molecule has 3 aromatic rings. The van der Waals surface area contributed by atoms with Gasteiger partial charge in [-0.05, 0) is 48.9 Å². The van der Waals surface area contributed by atoms with E-state index in [4.69, 9.17) is 16.3 Å². The van der Waals surface area contributed by atoms with Crippen LogP contribution in [-0.4, -0.2) is 23.2 Å². The summed E-state index contributed by atoms with van der Waals surface area (Å²) in [6, 6.07) is 16.0. The first kappa shape index (κ1) is 17.7. The van der Waals surface area contributed by atoms with Gasteiger partial charge >= 0.3 is 0 Å². The van der Waals surface area contributed by atoms with Crippen molar-refractivity contribution in [3.8, 4) is 5.75 Å². The topological polar surface area (TPSA) is 76.1 Å². The molecule has 132 valence electrons. The van der Waals surface area contributed by atoms with Gasteiger partial charge in [-0.1, -0.05) is 23.7 Å². The Balaban J connectivity index is 1.70. The van der Waals surface area contributed by atoms with Crippen molar-refractivity contribution in [2.24, 2.45) is 0 Å². The Hall–Kier alpha value is -3.12. The van der Waals surface area contributed by atoms with E-state index in [-0.39, 0.29) is 11.6 Å². The van der Waals surface area contributed by atoms with E-state index in [1.54, 1.807) is 37.4 Å². The second-order valence-corrected chi connectivity index (χ2v) is 5.93. The fourth-order valence-corrected chi connectivity index (χ4v) is 2.47. The van der Waals surface area contributed by atoms with Gasteiger partial charge in [0.15, 0.2) is 11.5 Å². The van der Waals surface area contributed by atoms with E-state index < -0.39 is 0 Å². The lowest BCUT2D eigenvalue weighted by Gasteiger charge is -2.09. The summed E-state index contributed by atoms with van der Waals surface area (Å²) < 4.78 is 5.18. The first-order valence-electron chi connectivity index (χ1n) is 7.88. The minimum absolute atomic E-state index is 0.209. The summed E-state index contributed by atoms with van der Waals surface area (Å²) in [5.74, 6) is 0.903. The second-order valence-electron chi connectivity index (χ2n) is 5.53. The maximum absolute atomic E-state index is 12.3. The van der Waals surface area contributed by atoms with Gasteiger partial charge in [0.1, 0.15) is 5.75 Å². The molecule has 1 heterocycles. The minimum atomic E-state index is -0.351. The molecule has 0 saturated carbocycles. The summed E-state index contributed by atoms with van der Waals surface area (Å²) in [7, 11) is 1.61. The molecular weight excluding hydrogens is 352 g/mol. The number of ether oxygens (including phenoxy) is 1. The molecule has 0 aliphatic carbocycles. The van der Waals surface area contributed by atoms with Crippen LogP contribution in [0.3, 0.4) is 0 Å². The minimum Gasteiger partial charge on any atom is -0.497 e. The molecule has 2 N–H and O–H groups in total. The molecule has 0 aliphatic rings. The van der Waals surface area contributed by atoms with E-state index in [1.807, 2.05) is 31.2 Å². The number of nitrogens with one attached hydrogen (secondary N) is 2. The number of rotatable bonds is 5. The van der Waals surface area contributed by atoms with Gasteiger partial charge in [-0.3, -0.25) is 4.79 Å². The van der Waals surface area contributed by atoms with E-state index in [9.17, 15) is 4.79 Å². The summed E-state index contributed by atoms with van der Waals surface area (Å²) in [6.45, 7) is 1.84. The number of halogens is 1. The van der Waals surface area contributed by atoms with Crippen LogP contribution in [0.5, 0.6) is 5.75 Å². The van der Waals surface area contributed by atoms with Crippen LogP contribution in [0.15, 0.2) is 54.6 Å². The molecule has 0 bridgehead atoms. The number of hydrogen-bond acceptors (Lipinski definition) is 5. The Morgan fingerprint density at radius 3 is 2.62 bits per heavy atom. The molecule has 1 amide bonds. The molecule has 2 aromatic carbocycles. The first-order valence-corrected chi connectivity index (χ1v) is 8.26. The van der Waals surface area contributed by atoms with Crippen molar-refractivity contribution in [1.82, 2.24) is 10.2 Å². The Bertz CT molecular complexity index is 929. The molecule has 0 radical (unpaired) electrons. The summed E-state index contributed by atoms with van der Waals surface area (Å²) in [5, 5.41) is 14.5. The van der Waals surface area contributed by atoms with Crippen LogP contribution in [0.2, 0.25) is 5.02 Å². The van der Waals surface area contributed by atoms with Gasteiger partial charge in [0.05, 0.1) is 7.11 Å². The Kier molecular flexibility index (Phi) is 5.34. The molecule has 7 heteroatoms. The van der Waals surface area contributed by atoms with Crippen LogP contribution in [0.1, 0.15) is 16.1 Å². The average Bonchev–Trinajstić information content (AvgIpc) is 2.66. The van der Waals surface area contributed by atoms with E-state index in [0.717, 1.165) is 17.0 Å². The third-order valence-corrected chi connectivity index (χ3v) is 4.16. The number of carbonyl (C=O) groups is 1. The van der Waals surface area contributed by atoms with Gasteiger partial charge in [0.2, 0.25) is 0 Å². The van der Waals surface area contributed by atoms with Crippen molar-refractivity contribution in [1.29, 1.82) is 0 Å². The second kappa shape index (κ2) is 7.84. The van der Waals surface area contributed by atoms with Crippen molar-refractivity contribution in [2.45, 2.75) is 6.92 Å². The van der Waals surface area contributed by atoms with Gasteiger partial charge in [-0.15, -0.1) is 10.2 Å². The summed E-state index contributed by atoms with van der Waals surface area (Å²) in [6.07, 6.45) is 0. The molecule has 6 nitrogen and oxygen atoms in total. The molecule has 0 atom stereocenters. The van der Waals surface area contributed by atoms with Crippen LogP contribution in [0.4, 0.5) is 17.2 Å². The predicted octanol–water partition coefficient (Wildman–Crippen LogP) is 4.44. The zero-order valence-electron chi connectivity index (χ0n) is 14.3. The highest BCUT2D eigenvalue weighted by Crippen LogP contribution is 2.23. The monoisotopic (exact) mass is 368 g/mol. The SMILES string of the molecule is COc1cccc(Nc2ccc(C(=O)Nc3cccc(Cl)c3C)nn2)c1. The summed E-state index contributed by atoms with van der Waals surface area (Å²) in [5.41, 5.74) is 2.46. The number of aromatic nitrogens is 2. The summed E-state index contributed by atoms with van der Waals surface area (Å²) in [4.78, 5) is 12.3. The predicted molar refractivity (Wildman–Crippen MR) is 102 cm³/mol. The van der Waals surface area contributed by atoms with Crippen LogP contribution in [0.25, 0.3) is 0 Å². The molecule has 0 unspecified atom stereocenters. The van der Waals surface area contributed by atoms with Gasteiger partial charge < -0.3 is 15.4 Å². The number of methoxy groups -OCH3 is 1. The van der Waals surface area contributed by atoms with Crippen molar-refractivity contribution < 1.29 is 9.53 Å². The van der Waals surface area contributed by atoms with Crippen molar-refractivity contribution in [2.75, 3.05) is 17.7 Å². The van der Waals surface area contributed by atoms with Gasteiger partial charge in [-0.25, -0.2) is 0 Å². The van der Waals surface area contributed by atoms with Crippen molar-refractivity contribution >= 4 is 34.7 Å². The van der Waals surface area contributed by atoms with Gasteiger partial charge in [0, 0.05) is 22.5 Å².